The molecule has 162 valence electrons. The third kappa shape index (κ3) is 4.29. The molecule has 0 spiro atoms. The quantitative estimate of drug-likeness (QED) is 0.604. The highest BCUT2D eigenvalue weighted by molar-refractivity contribution is 6.30. The van der Waals surface area contributed by atoms with Crippen LogP contribution in [0.25, 0.3) is 5.69 Å². The zero-order chi connectivity index (χ0) is 22.1. The molecule has 1 unspecified atom stereocenters. The lowest BCUT2D eigenvalue weighted by Crippen LogP contribution is -2.39. The summed E-state index contributed by atoms with van der Waals surface area (Å²) in [5, 5.41) is 3.14. The minimum Gasteiger partial charge on any atom is -0.447 e. The summed E-state index contributed by atoms with van der Waals surface area (Å²) in [5.74, 6) is -0.0435. The van der Waals surface area contributed by atoms with Crippen LogP contribution in [0, 0.1) is 5.82 Å². The average Bonchev–Trinajstić information content (AvgIpc) is 3.37. The fourth-order valence-electron chi connectivity index (χ4n) is 3.21. The molecule has 0 bridgehead atoms. The van der Waals surface area contributed by atoms with Crippen molar-refractivity contribution in [3.8, 4) is 5.69 Å². The van der Waals surface area contributed by atoms with Crippen molar-refractivity contribution in [3.05, 3.63) is 59.5 Å². The molecule has 1 aliphatic heterocycles. The van der Waals surface area contributed by atoms with Crippen LogP contribution in [0.4, 0.5) is 25.3 Å². The Morgan fingerprint density at radius 1 is 1.29 bits per heavy atom. The number of aromatic nitrogens is 4. The highest BCUT2D eigenvalue weighted by atomic mass is 35.5. The standard InChI is InChI=1S/C20H19ClF2N6O2/c1-11(22)17-9-31-20(30)29(17)18-5-6-24-19(27-18)26-12(2)16-8-28(10-25-16)13-3-4-14(21)15(23)7-13/h3-8,10-12,17H,9H2,1-2H3,(H,24,26,27)/t11-,12-,17?/m0/s1. The summed E-state index contributed by atoms with van der Waals surface area (Å²) < 4.78 is 34.2. The number of cyclic esters (lactones) is 1. The van der Waals surface area contributed by atoms with Gasteiger partial charge in [0.15, 0.2) is 0 Å². The van der Waals surface area contributed by atoms with Crippen molar-refractivity contribution in [1.29, 1.82) is 0 Å². The smallest absolute Gasteiger partial charge is 0.416 e. The SMILES string of the molecule is C[C@H](Nc1nccc(N2C(=O)OCC2[C@H](C)F)n1)c1cn(-c2ccc(Cl)c(F)c2)cn1. The van der Waals surface area contributed by atoms with Crippen LogP contribution in [0.2, 0.25) is 5.02 Å². The summed E-state index contributed by atoms with van der Waals surface area (Å²) >= 11 is 5.73. The van der Waals surface area contributed by atoms with Gasteiger partial charge < -0.3 is 14.6 Å². The fraction of sp³-hybridized carbons (Fsp3) is 0.300. The van der Waals surface area contributed by atoms with Crippen LogP contribution in [0.3, 0.4) is 0 Å². The molecule has 0 aliphatic carbocycles. The van der Waals surface area contributed by atoms with E-state index in [0.717, 1.165) is 0 Å². The number of carbonyl (C=O) groups is 1. The number of anilines is 2. The first-order chi connectivity index (χ1) is 14.8. The van der Waals surface area contributed by atoms with Crippen molar-refractivity contribution in [3.63, 3.8) is 0 Å². The Morgan fingerprint density at radius 2 is 2.10 bits per heavy atom. The van der Waals surface area contributed by atoms with Crippen molar-refractivity contribution in [2.24, 2.45) is 0 Å². The largest absolute Gasteiger partial charge is 0.447 e. The number of rotatable bonds is 6. The van der Waals surface area contributed by atoms with E-state index in [1.807, 2.05) is 6.92 Å². The van der Waals surface area contributed by atoms with Gasteiger partial charge >= 0.3 is 6.09 Å². The molecule has 2 aromatic heterocycles. The zero-order valence-corrected chi connectivity index (χ0v) is 17.4. The summed E-state index contributed by atoms with van der Waals surface area (Å²) in [6.07, 6.45) is 2.83. The lowest BCUT2D eigenvalue weighted by molar-refractivity contribution is 0.174. The minimum atomic E-state index is -1.28. The Morgan fingerprint density at radius 3 is 2.84 bits per heavy atom. The zero-order valence-electron chi connectivity index (χ0n) is 16.7. The van der Waals surface area contributed by atoms with Gasteiger partial charge in [-0.05, 0) is 38.1 Å². The van der Waals surface area contributed by atoms with Gasteiger partial charge in [0.1, 0.15) is 30.5 Å². The minimum absolute atomic E-state index is 0.0393. The molecule has 0 radical (unpaired) electrons. The lowest BCUT2D eigenvalue weighted by atomic mass is 10.2. The van der Waals surface area contributed by atoms with E-state index in [2.05, 4.69) is 20.3 Å². The highest BCUT2D eigenvalue weighted by Crippen LogP contribution is 2.26. The van der Waals surface area contributed by atoms with Crippen molar-refractivity contribution in [2.75, 3.05) is 16.8 Å². The average molecular weight is 449 g/mol. The third-order valence-electron chi connectivity index (χ3n) is 4.92. The van der Waals surface area contributed by atoms with Gasteiger partial charge in [0.2, 0.25) is 5.95 Å². The van der Waals surface area contributed by atoms with Crippen LogP contribution in [-0.2, 0) is 4.74 Å². The van der Waals surface area contributed by atoms with Gasteiger partial charge in [0.25, 0.3) is 0 Å². The number of nitrogens with zero attached hydrogens (tertiary/aromatic N) is 5. The normalized spacial score (nSPS) is 18.0. The first-order valence-electron chi connectivity index (χ1n) is 9.52. The van der Waals surface area contributed by atoms with E-state index in [1.54, 1.807) is 23.2 Å². The van der Waals surface area contributed by atoms with E-state index in [9.17, 15) is 13.6 Å². The molecule has 1 N–H and O–H groups in total. The maximum atomic E-state index is 13.9. The number of imidazole rings is 1. The lowest BCUT2D eigenvalue weighted by Gasteiger charge is -2.21. The van der Waals surface area contributed by atoms with E-state index < -0.39 is 24.1 Å². The van der Waals surface area contributed by atoms with E-state index >= 15 is 0 Å². The summed E-state index contributed by atoms with van der Waals surface area (Å²) in [5.41, 5.74) is 1.23. The number of amides is 1. The van der Waals surface area contributed by atoms with Gasteiger partial charge in [-0.2, -0.15) is 4.98 Å². The number of benzene rings is 1. The third-order valence-corrected chi connectivity index (χ3v) is 5.22. The van der Waals surface area contributed by atoms with Crippen LogP contribution in [-0.4, -0.2) is 44.4 Å². The van der Waals surface area contributed by atoms with Crippen molar-refractivity contribution >= 4 is 29.5 Å². The molecule has 8 nitrogen and oxygen atoms in total. The molecule has 3 heterocycles. The van der Waals surface area contributed by atoms with Gasteiger partial charge in [0, 0.05) is 18.1 Å². The van der Waals surface area contributed by atoms with Gasteiger partial charge in [-0.25, -0.2) is 23.5 Å². The summed E-state index contributed by atoms with van der Waals surface area (Å²) in [6.45, 7) is 3.18. The highest BCUT2D eigenvalue weighted by Gasteiger charge is 2.39. The number of hydrogen-bond acceptors (Lipinski definition) is 6. The molecular formula is C20H19ClF2N6O2. The Kier molecular flexibility index (Phi) is 5.73. The molecule has 1 aliphatic rings. The van der Waals surface area contributed by atoms with Gasteiger partial charge in [-0.3, -0.25) is 4.90 Å². The molecule has 11 heteroatoms. The van der Waals surface area contributed by atoms with E-state index in [1.165, 1.54) is 36.2 Å². The molecule has 0 saturated carbocycles. The van der Waals surface area contributed by atoms with Crippen molar-refractivity contribution in [1.82, 2.24) is 19.5 Å². The topological polar surface area (TPSA) is 85.2 Å². The summed E-state index contributed by atoms with van der Waals surface area (Å²) in [4.78, 5) is 26.1. The van der Waals surface area contributed by atoms with E-state index in [-0.39, 0.29) is 29.4 Å². The Balaban J connectivity index is 1.51. The monoisotopic (exact) mass is 448 g/mol. The van der Waals surface area contributed by atoms with Crippen molar-refractivity contribution in [2.45, 2.75) is 32.1 Å². The van der Waals surface area contributed by atoms with Crippen LogP contribution in [0.15, 0.2) is 43.0 Å². The second kappa shape index (κ2) is 8.46. The van der Waals surface area contributed by atoms with E-state index in [0.29, 0.717) is 11.4 Å². The molecule has 4 rings (SSSR count). The number of carbonyl (C=O) groups excluding carboxylic acids is 1. The molecular weight excluding hydrogens is 430 g/mol. The molecule has 1 amide bonds. The van der Waals surface area contributed by atoms with Crippen LogP contribution in [0.5, 0.6) is 0 Å². The van der Waals surface area contributed by atoms with Crippen molar-refractivity contribution < 1.29 is 18.3 Å². The van der Waals surface area contributed by atoms with Crippen LogP contribution in [0.1, 0.15) is 25.6 Å². The predicted molar refractivity (Wildman–Crippen MR) is 111 cm³/mol. The number of hydrogen-bond donors (Lipinski definition) is 1. The first-order valence-corrected chi connectivity index (χ1v) is 9.90. The van der Waals surface area contributed by atoms with E-state index in [4.69, 9.17) is 16.3 Å². The molecule has 1 aromatic carbocycles. The second-order valence-electron chi connectivity index (χ2n) is 7.10. The maximum Gasteiger partial charge on any atom is 0.416 e. The Bertz CT molecular complexity index is 1110. The second-order valence-corrected chi connectivity index (χ2v) is 7.51. The molecule has 3 atom stereocenters. The van der Waals surface area contributed by atoms with Crippen LogP contribution < -0.4 is 10.2 Å². The molecule has 3 aromatic rings. The Labute approximate surface area is 181 Å². The maximum absolute atomic E-state index is 13.9. The number of alkyl halides is 1. The number of nitrogens with one attached hydrogen (secondary N) is 1. The van der Waals surface area contributed by atoms with Gasteiger partial charge in [-0.15, -0.1) is 0 Å². The summed E-state index contributed by atoms with van der Waals surface area (Å²) in [7, 11) is 0. The van der Waals surface area contributed by atoms with Gasteiger partial charge in [0.05, 0.1) is 23.1 Å². The molecule has 1 saturated heterocycles. The number of ether oxygens (including phenoxy) is 1. The first kappa shape index (κ1) is 21.0. The van der Waals surface area contributed by atoms with Gasteiger partial charge in [-0.1, -0.05) is 11.6 Å². The fourth-order valence-corrected chi connectivity index (χ4v) is 3.32. The summed E-state index contributed by atoms with van der Waals surface area (Å²) in [6, 6.07) is 4.93. The molecule has 1 fully saturated rings. The Hall–Kier alpha value is -3.27. The molecule has 31 heavy (non-hydrogen) atoms. The van der Waals surface area contributed by atoms with Crippen LogP contribution >= 0.6 is 11.6 Å². The predicted octanol–water partition coefficient (Wildman–Crippen LogP) is 4.31. The number of halogens is 3.